The smallest absolute Gasteiger partial charge is 0.369 e. The lowest BCUT2D eigenvalue weighted by Gasteiger charge is -2.34. The highest BCUT2D eigenvalue weighted by Gasteiger charge is 2.71. The molecule has 0 aliphatic carbocycles. The van der Waals surface area contributed by atoms with Gasteiger partial charge in [-0.05, 0) is 24.1 Å². The van der Waals surface area contributed by atoms with Gasteiger partial charge in [-0.2, -0.15) is 26.3 Å². The third-order valence-electron chi connectivity index (χ3n) is 4.83. The highest BCUT2D eigenvalue weighted by molar-refractivity contribution is 7.99. The summed E-state index contributed by atoms with van der Waals surface area (Å²) in [6, 6.07) is 11.5. The fraction of sp³-hybridized carbons (Fsp3) is 0.350. The zero-order valence-electron chi connectivity index (χ0n) is 15.4. The van der Waals surface area contributed by atoms with Gasteiger partial charge in [-0.1, -0.05) is 36.4 Å². The predicted octanol–water partition coefficient (Wildman–Crippen LogP) is 5.07. The number of benzene rings is 2. The van der Waals surface area contributed by atoms with Crippen molar-refractivity contribution >= 4 is 23.4 Å². The van der Waals surface area contributed by atoms with E-state index in [0.717, 1.165) is 23.4 Å². The van der Waals surface area contributed by atoms with Crippen molar-refractivity contribution in [1.29, 1.82) is 0 Å². The number of hydrogen-bond donors (Lipinski definition) is 1. The Kier molecular flexibility index (Phi) is 6.10. The van der Waals surface area contributed by atoms with Gasteiger partial charge in [0.2, 0.25) is 5.91 Å². The molecule has 0 saturated carbocycles. The first-order chi connectivity index (χ1) is 13.9. The van der Waals surface area contributed by atoms with Crippen LogP contribution in [0.4, 0.5) is 32.0 Å². The zero-order chi connectivity index (χ0) is 22.2. The maximum Gasteiger partial charge on any atom is 0.430 e. The van der Waals surface area contributed by atoms with Crippen LogP contribution in [0.1, 0.15) is 17.5 Å². The topological polar surface area (TPSA) is 40.5 Å². The molecule has 1 amide bonds. The van der Waals surface area contributed by atoms with Crippen molar-refractivity contribution in [3.63, 3.8) is 0 Å². The fourth-order valence-electron chi connectivity index (χ4n) is 3.22. The molecular weight excluding hydrogens is 432 g/mol. The van der Waals surface area contributed by atoms with E-state index in [1.54, 1.807) is 0 Å². The standard InChI is InChI=1S/C20H17F6NO2S/c21-19(22,23)18(29,20(24,25)26)14-7-8-15-16(12-14)30-11-10-27(15)17(28)9-6-13-4-2-1-3-5-13/h1-5,7-8,12,29H,6,9-11H2. The molecule has 10 heteroatoms. The molecule has 3 rings (SSSR count). The Morgan fingerprint density at radius 3 is 2.23 bits per heavy atom. The molecule has 1 aliphatic heterocycles. The molecule has 0 bridgehead atoms. The Hall–Kier alpha value is -2.20. The maximum atomic E-state index is 13.1. The molecule has 2 aromatic carbocycles. The largest absolute Gasteiger partial charge is 0.430 e. The van der Waals surface area contributed by atoms with Crippen molar-refractivity contribution in [2.24, 2.45) is 0 Å². The third kappa shape index (κ3) is 4.15. The summed E-state index contributed by atoms with van der Waals surface area (Å²) in [6.07, 6.45) is -11.3. The number of thioether (sulfide) groups is 1. The summed E-state index contributed by atoms with van der Waals surface area (Å²) in [6.45, 7) is 0.285. The lowest BCUT2D eigenvalue weighted by atomic mass is 9.92. The monoisotopic (exact) mass is 449 g/mol. The minimum absolute atomic E-state index is 0.0822. The number of halogens is 6. The van der Waals surface area contributed by atoms with Crippen LogP contribution in [0.25, 0.3) is 0 Å². The van der Waals surface area contributed by atoms with Crippen molar-refractivity contribution in [3.05, 3.63) is 59.7 Å². The molecule has 0 atom stereocenters. The van der Waals surface area contributed by atoms with E-state index in [0.29, 0.717) is 24.3 Å². The fourth-order valence-corrected chi connectivity index (χ4v) is 4.25. The van der Waals surface area contributed by atoms with E-state index in [9.17, 15) is 36.2 Å². The number of alkyl halides is 6. The molecule has 1 N–H and O–H groups in total. The van der Waals surface area contributed by atoms with Crippen molar-refractivity contribution in [2.45, 2.75) is 35.7 Å². The van der Waals surface area contributed by atoms with E-state index in [1.165, 1.54) is 4.90 Å². The Morgan fingerprint density at radius 2 is 1.63 bits per heavy atom. The number of amides is 1. The Bertz CT molecular complexity index is 900. The molecule has 0 unspecified atom stereocenters. The second-order valence-electron chi connectivity index (χ2n) is 6.77. The van der Waals surface area contributed by atoms with Gasteiger partial charge in [0.25, 0.3) is 5.60 Å². The van der Waals surface area contributed by atoms with Crippen molar-refractivity contribution in [3.8, 4) is 0 Å². The van der Waals surface area contributed by atoms with Gasteiger partial charge in [0.1, 0.15) is 0 Å². The average Bonchev–Trinajstić information content (AvgIpc) is 2.69. The van der Waals surface area contributed by atoms with Crippen LogP contribution in [0.3, 0.4) is 0 Å². The molecule has 0 saturated heterocycles. The summed E-state index contributed by atoms with van der Waals surface area (Å²) in [5.74, 6) is 0.0272. The molecule has 0 spiro atoms. The summed E-state index contributed by atoms with van der Waals surface area (Å²) in [5, 5.41) is 9.60. The van der Waals surface area contributed by atoms with Crippen LogP contribution in [0.5, 0.6) is 0 Å². The minimum atomic E-state index is -5.95. The average molecular weight is 449 g/mol. The highest BCUT2D eigenvalue weighted by Crippen LogP contribution is 2.51. The number of aryl methyl sites for hydroxylation is 1. The quantitative estimate of drug-likeness (QED) is 0.663. The van der Waals surface area contributed by atoms with E-state index >= 15 is 0 Å². The number of nitrogens with zero attached hydrogens (tertiary/aromatic N) is 1. The summed E-state index contributed by atoms with van der Waals surface area (Å²) in [5.41, 5.74) is -5.14. The van der Waals surface area contributed by atoms with Crippen LogP contribution < -0.4 is 4.90 Å². The molecule has 30 heavy (non-hydrogen) atoms. The number of carbonyl (C=O) groups is 1. The lowest BCUT2D eigenvalue weighted by molar-refractivity contribution is -0.376. The number of carbonyl (C=O) groups excluding carboxylic acids is 1. The number of aliphatic hydroxyl groups is 1. The van der Waals surface area contributed by atoms with Crippen LogP contribution in [0.15, 0.2) is 53.4 Å². The van der Waals surface area contributed by atoms with Crippen LogP contribution >= 0.6 is 11.8 Å². The van der Waals surface area contributed by atoms with Gasteiger partial charge in [-0.25, -0.2) is 0 Å². The molecular formula is C20H17F6NO2S. The first kappa shape index (κ1) is 22.5. The SMILES string of the molecule is O=C(CCc1ccccc1)N1CCSc2cc(C(O)(C(F)(F)F)C(F)(F)F)ccc21. The Balaban J connectivity index is 1.88. The van der Waals surface area contributed by atoms with Crippen molar-refractivity contribution in [1.82, 2.24) is 0 Å². The molecule has 162 valence electrons. The van der Waals surface area contributed by atoms with E-state index in [2.05, 4.69) is 0 Å². The second-order valence-corrected chi connectivity index (χ2v) is 7.90. The van der Waals surface area contributed by atoms with Gasteiger partial charge in [0.15, 0.2) is 0 Å². The van der Waals surface area contributed by atoms with E-state index in [1.807, 2.05) is 30.3 Å². The molecule has 0 aromatic heterocycles. The maximum absolute atomic E-state index is 13.1. The van der Waals surface area contributed by atoms with Gasteiger partial charge in [-0.3, -0.25) is 4.79 Å². The van der Waals surface area contributed by atoms with Gasteiger partial charge in [-0.15, -0.1) is 11.8 Å². The Morgan fingerprint density at radius 1 is 1.00 bits per heavy atom. The normalized spacial score (nSPS) is 15.1. The molecule has 1 aliphatic rings. The van der Waals surface area contributed by atoms with Gasteiger partial charge in [0, 0.05) is 29.2 Å². The molecule has 1 heterocycles. The number of anilines is 1. The summed E-state index contributed by atoms with van der Waals surface area (Å²) in [4.78, 5) is 14.1. The minimum Gasteiger partial charge on any atom is -0.369 e. The second kappa shape index (κ2) is 8.14. The van der Waals surface area contributed by atoms with Crippen molar-refractivity contribution in [2.75, 3.05) is 17.2 Å². The van der Waals surface area contributed by atoms with E-state index in [4.69, 9.17) is 0 Å². The van der Waals surface area contributed by atoms with Gasteiger partial charge >= 0.3 is 12.4 Å². The molecule has 0 fully saturated rings. The van der Waals surface area contributed by atoms with Gasteiger partial charge < -0.3 is 10.0 Å². The highest BCUT2D eigenvalue weighted by atomic mass is 32.2. The van der Waals surface area contributed by atoms with Crippen LogP contribution in [-0.4, -0.2) is 35.7 Å². The molecule has 0 radical (unpaired) electrons. The summed E-state index contributed by atoms with van der Waals surface area (Å²) >= 11 is 1.04. The third-order valence-corrected chi connectivity index (χ3v) is 5.86. The van der Waals surface area contributed by atoms with E-state index in [-0.39, 0.29) is 29.5 Å². The summed E-state index contributed by atoms with van der Waals surface area (Å²) in [7, 11) is 0. The Labute approximate surface area is 172 Å². The summed E-state index contributed by atoms with van der Waals surface area (Å²) < 4.78 is 78.9. The number of rotatable bonds is 4. The van der Waals surface area contributed by atoms with E-state index < -0.39 is 23.5 Å². The number of hydrogen-bond acceptors (Lipinski definition) is 3. The predicted molar refractivity (Wildman–Crippen MR) is 100 cm³/mol. The van der Waals surface area contributed by atoms with Crippen LogP contribution in [0.2, 0.25) is 0 Å². The first-order valence-corrected chi connectivity index (χ1v) is 9.91. The number of fused-ring (bicyclic) bond motifs is 1. The molecule has 3 nitrogen and oxygen atoms in total. The van der Waals surface area contributed by atoms with Crippen molar-refractivity contribution < 1.29 is 36.2 Å². The zero-order valence-corrected chi connectivity index (χ0v) is 16.2. The molecule has 2 aromatic rings. The lowest BCUT2D eigenvalue weighted by Crippen LogP contribution is -2.54. The van der Waals surface area contributed by atoms with Gasteiger partial charge in [0.05, 0.1) is 5.69 Å². The van der Waals surface area contributed by atoms with Crippen LogP contribution in [-0.2, 0) is 16.8 Å². The first-order valence-electron chi connectivity index (χ1n) is 8.92. The van der Waals surface area contributed by atoms with Crippen LogP contribution in [0, 0.1) is 0 Å².